The van der Waals surface area contributed by atoms with Gasteiger partial charge in [-0.1, -0.05) is 74.0 Å². The summed E-state index contributed by atoms with van der Waals surface area (Å²) in [5.74, 6) is 0.508. The molecule has 0 unspecified atom stereocenters. The maximum Gasteiger partial charge on any atom is 0.277 e. The van der Waals surface area contributed by atoms with Crippen LogP contribution in [0.25, 0.3) is 0 Å². The van der Waals surface area contributed by atoms with Crippen LogP contribution in [0.15, 0.2) is 89.9 Å². The van der Waals surface area contributed by atoms with Crippen LogP contribution in [0.2, 0.25) is 0 Å². The lowest BCUT2D eigenvalue weighted by atomic mass is 10.0. The molecular formula is C24H23NO2. The minimum atomic E-state index is -0.266. The van der Waals surface area contributed by atoms with Gasteiger partial charge in [0.25, 0.3) is 5.91 Å². The number of aliphatic imine (C=N–C) groups is 1. The van der Waals surface area contributed by atoms with Gasteiger partial charge >= 0.3 is 0 Å². The molecule has 3 nitrogen and oxygen atoms in total. The number of rotatable bonds is 7. The van der Waals surface area contributed by atoms with Crippen molar-refractivity contribution < 1.29 is 9.53 Å². The second kappa shape index (κ2) is 9.48. The molecule has 3 heteroatoms. The fourth-order valence-electron chi connectivity index (χ4n) is 2.68. The van der Waals surface area contributed by atoms with Crippen molar-refractivity contribution in [2.75, 3.05) is 6.61 Å². The van der Waals surface area contributed by atoms with Gasteiger partial charge in [0.15, 0.2) is 0 Å². The molecule has 0 atom stereocenters. The predicted octanol–water partition coefficient (Wildman–Crippen LogP) is 5.54. The van der Waals surface area contributed by atoms with Crippen LogP contribution in [0, 0.1) is 0 Å². The number of unbranched alkanes of at least 4 members (excludes halogenated alkanes) is 1. The van der Waals surface area contributed by atoms with Gasteiger partial charge in [0.1, 0.15) is 5.75 Å². The highest BCUT2D eigenvalue weighted by Gasteiger charge is 2.11. The zero-order valence-corrected chi connectivity index (χ0v) is 15.5. The Morgan fingerprint density at radius 1 is 0.778 bits per heavy atom. The quantitative estimate of drug-likeness (QED) is 0.411. The fourth-order valence-corrected chi connectivity index (χ4v) is 2.68. The standard InChI is InChI=1S/C24H23NO2/c1-2-3-18-27-22-16-14-21(15-17-22)24(26)25-23(19-10-6-4-7-11-19)20-12-8-5-9-13-20/h4-17H,2-3,18H2,1H3. The van der Waals surface area contributed by atoms with Crippen LogP contribution in [0.1, 0.15) is 41.3 Å². The molecule has 0 aliphatic carbocycles. The van der Waals surface area contributed by atoms with Gasteiger partial charge in [0.05, 0.1) is 12.3 Å². The van der Waals surface area contributed by atoms with Gasteiger partial charge in [0.2, 0.25) is 0 Å². The van der Waals surface area contributed by atoms with E-state index < -0.39 is 0 Å². The van der Waals surface area contributed by atoms with E-state index in [-0.39, 0.29) is 5.91 Å². The molecule has 0 bridgehead atoms. The van der Waals surface area contributed by atoms with Crippen molar-refractivity contribution in [2.24, 2.45) is 4.99 Å². The Morgan fingerprint density at radius 2 is 1.33 bits per heavy atom. The molecule has 0 N–H and O–H groups in total. The third-order valence-corrected chi connectivity index (χ3v) is 4.18. The molecule has 1 amide bonds. The van der Waals surface area contributed by atoms with Crippen molar-refractivity contribution >= 4 is 11.6 Å². The molecule has 0 fully saturated rings. The van der Waals surface area contributed by atoms with Crippen molar-refractivity contribution in [2.45, 2.75) is 19.8 Å². The Morgan fingerprint density at radius 3 is 1.85 bits per heavy atom. The first kappa shape index (κ1) is 18.6. The highest BCUT2D eigenvalue weighted by atomic mass is 16.5. The molecule has 0 spiro atoms. The molecule has 0 aliphatic rings. The van der Waals surface area contributed by atoms with Crippen LogP contribution in [-0.4, -0.2) is 18.2 Å². The van der Waals surface area contributed by atoms with Crippen LogP contribution in [0.5, 0.6) is 5.75 Å². The van der Waals surface area contributed by atoms with Crippen LogP contribution in [-0.2, 0) is 0 Å². The molecule has 27 heavy (non-hydrogen) atoms. The first-order valence-electron chi connectivity index (χ1n) is 9.24. The number of hydrogen-bond acceptors (Lipinski definition) is 2. The van der Waals surface area contributed by atoms with Crippen molar-refractivity contribution in [3.8, 4) is 5.75 Å². The van der Waals surface area contributed by atoms with Crippen molar-refractivity contribution in [3.05, 3.63) is 102 Å². The molecule has 0 heterocycles. The molecule has 0 radical (unpaired) electrons. The molecule has 0 aromatic heterocycles. The maximum absolute atomic E-state index is 12.7. The molecule has 0 saturated heterocycles. The molecule has 0 aliphatic heterocycles. The smallest absolute Gasteiger partial charge is 0.277 e. The van der Waals surface area contributed by atoms with E-state index in [1.54, 1.807) is 12.1 Å². The van der Waals surface area contributed by atoms with Gasteiger partial charge in [0, 0.05) is 16.7 Å². The fraction of sp³-hybridized carbons (Fsp3) is 0.167. The zero-order chi connectivity index (χ0) is 18.9. The molecule has 3 rings (SSSR count). The molecular weight excluding hydrogens is 334 g/mol. The third-order valence-electron chi connectivity index (χ3n) is 4.18. The predicted molar refractivity (Wildman–Crippen MR) is 110 cm³/mol. The van der Waals surface area contributed by atoms with Gasteiger partial charge in [-0.3, -0.25) is 4.79 Å². The van der Waals surface area contributed by atoms with Crippen LogP contribution >= 0.6 is 0 Å². The minimum Gasteiger partial charge on any atom is -0.494 e. The first-order chi connectivity index (χ1) is 13.3. The first-order valence-corrected chi connectivity index (χ1v) is 9.24. The summed E-state index contributed by atoms with van der Waals surface area (Å²) in [5, 5.41) is 0. The van der Waals surface area contributed by atoms with Crippen molar-refractivity contribution in [1.29, 1.82) is 0 Å². The number of carbonyl (C=O) groups is 1. The Hall–Kier alpha value is -3.20. The summed E-state index contributed by atoms with van der Waals surface area (Å²) in [6.45, 7) is 2.81. The van der Waals surface area contributed by atoms with E-state index in [9.17, 15) is 4.79 Å². The highest BCUT2D eigenvalue weighted by molar-refractivity contribution is 6.18. The van der Waals surface area contributed by atoms with Crippen molar-refractivity contribution in [1.82, 2.24) is 0 Å². The Kier molecular flexibility index (Phi) is 6.53. The second-order valence-corrected chi connectivity index (χ2v) is 6.22. The van der Waals surface area contributed by atoms with E-state index in [4.69, 9.17) is 4.74 Å². The highest BCUT2D eigenvalue weighted by Crippen LogP contribution is 2.16. The normalized spacial score (nSPS) is 10.3. The number of nitrogens with zero attached hydrogens (tertiary/aromatic N) is 1. The monoisotopic (exact) mass is 357 g/mol. The summed E-state index contributed by atoms with van der Waals surface area (Å²) < 4.78 is 5.65. The zero-order valence-electron chi connectivity index (χ0n) is 15.5. The summed E-state index contributed by atoms with van der Waals surface area (Å²) in [5.41, 5.74) is 3.04. The molecule has 3 aromatic rings. The number of amides is 1. The topological polar surface area (TPSA) is 38.7 Å². The molecule has 3 aromatic carbocycles. The van der Waals surface area contributed by atoms with Crippen LogP contribution in [0.4, 0.5) is 0 Å². The van der Waals surface area contributed by atoms with Crippen LogP contribution in [0.3, 0.4) is 0 Å². The summed E-state index contributed by atoms with van der Waals surface area (Å²) in [6, 6.07) is 26.7. The van der Waals surface area contributed by atoms with Crippen LogP contribution < -0.4 is 4.74 Å². The van der Waals surface area contributed by atoms with E-state index in [0.717, 1.165) is 29.7 Å². The van der Waals surface area contributed by atoms with E-state index in [1.807, 2.05) is 72.8 Å². The summed E-state index contributed by atoms with van der Waals surface area (Å²) in [7, 11) is 0. The van der Waals surface area contributed by atoms with Gasteiger partial charge in [-0.15, -0.1) is 0 Å². The number of benzene rings is 3. The number of ether oxygens (including phenoxy) is 1. The average molecular weight is 357 g/mol. The van der Waals surface area contributed by atoms with Gasteiger partial charge < -0.3 is 4.74 Å². The summed E-state index contributed by atoms with van der Waals surface area (Å²) in [6.07, 6.45) is 2.11. The van der Waals surface area contributed by atoms with E-state index in [1.165, 1.54) is 0 Å². The van der Waals surface area contributed by atoms with E-state index in [2.05, 4.69) is 11.9 Å². The minimum absolute atomic E-state index is 0.266. The van der Waals surface area contributed by atoms with E-state index >= 15 is 0 Å². The SMILES string of the molecule is CCCCOc1ccc(C(=O)N=C(c2ccccc2)c2ccccc2)cc1. The third kappa shape index (κ3) is 5.14. The number of carbonyl (C=O) groups excluding carboxylic acids is 1. The summed E-state index contributed by atoms with van der Waals surface area (Å²) in [4.78, 5) is 17.2. The average Bonchev–Trinajstić information content (AvgIpc) is 2.74. The van der Waals surface area contributed by atoms with Gasteiger partial charge in [-0.25, -0.2) is 4.99 Å². The van der Waals surface area contributed by atoms with E-state index in [0.29, 0.717) is 17.9 Å². The lowest BCUT2D eigenvalue weighted by Gasteiger charge is -2.08. The lowest BCUT2D eigenvalue weighted by Crippen LogP contribution is -2.07. The number of hydrogen-bond donors (Lipinski definition) is 0. The lowest BCUT2D eigenvalue weighted by molar-refractivity contribution is 0.100. The second-order valence-electron chi connectivity index (χ2n) is 6.22. The Balaban J connectivity index is 1.85. The summed E-state index contributed by atoms with van der Waals surface area (Å²) >= 11 is 0. The Labute approximate surface area is 160 Å². The molecule has 136 valence electrons. The molecule has 0 saturated carbocycles. The van der Waals surface area contributed by atoms with Gasteiger partial charge in [-0.2, -0.15) is 0 Å². The maximum atomic E-state index is 12.7. The van der Waals surface area contributed by atoms with Gasteiger partial charge in [-0.05, 0) is 30.7 Å². The largest absolute Gasteiger partial charge is 0.494 e. The van der Waals surface area contributed by atoms with Crippen molar-refractivity contribution in [3.63, 3.8) is 0 Å². The Bertz CT molecular complexity index is 843.